The lowest BCUT2D eigenvalue weighted by Gasteiger charge is -2.24. The molecule has 0 N–H and O–H groups in total. The van der Waals surface area contributed by atoms with Crippen LogP contribution < -0.4 is 4.90 Å². The minimum absolute atomic E-state index is 0.624. The number of benzene rings is 2. The standard InChI is InChI=1S/C21H22ClN3O/c1-16-4-3-5-17(12-16)15-25(10-11-26-2)21-14-23-13-20(24-21)18-6-8-19(22)9-7-18/h3-9,12-14H,10-11,15H2,1-2H3. The minimum Gasteiger partial charge on any atom is -0.383 e. The molecule has 1 aromatic heterocycles. The summed E-state index contributed by atoms with van der Waals surface area (Å²) in [6, 6.07) is 16.1. The van der Waals surface area contributed by atoms with Crippen LogP contribution in [0.4, 0.5) is 5.82 Å². The Kier molecular flexibility index (Phi) is 6.21. The van der Waals surface area contributed by atoms with Gasteiger partial charge in [0.1, 0.15) is 5.82 Å². The van der Waals surface area contributed by atoms with Crippen LogP contribution in [0.25, 0.3) is 11.3 Å². The van der Waals surface area contributed by atoms with Gasteiger partial charge in [-0.25, -0.2) is 4.98 Å². The number of hydrogen-bond donors (Lipinski definition) is 0. The highest BCUT2D eigenvalue weighted by molar-refractivity contribution is 6.30. The fraction of sp³-hybridized carbons (Fsp3) is 0.238. The van der Waals surface area contributed by atoms with E-state index >= 15 is 0 Å². The van der Waals surface area contributed by atoms with Crippen LogP contribution in [0, 0.1) is 6.92 Å². The summed E-state index contributed by atoms with van der Waals surface area (Å²) in [5.74, 6) is 0.830. The first-order valence-electron chi connectivity index (χ1n) is 8.53. The van der Waals surface area contributed by atoms with Crippen LogP contribution >= 0.6 is 11.6 Å². The average Bonchev–Trinajstić information content (AvgIpc) is 2.66. The summed E-state index contributed by atoms with van der Waals surface area (Å²) in [5.41, 5.74) is 4.30. The summed E-state index contributed by atoms with van der Waals surface area (Å²) in [4.78, 5) is 11.4. The summed E-state index contributed by atoms with van der Waals surface area (Å²) in [6.45, 7) is 4.22. The van der Waals surface area contributed by atoms with Crippen LogP contribution in [0.3, 0.4) is 0 Å². The van der Waals surface area contributed by atoms with Crippen molar-refractivity contribution in [1.82, 2.24) is 9.97 Å². The lowest BCUT2D eigenvalue weighted by molar-refractivity contribution is 0.205. The Morgan fingerprint density at radius 1 is 1.08 bits per heavy atom. The maximum atomic E-state index is 5.98. The van der Waals surface area contributed by atoms with Crippen LogP contribution in [-0.4, -0.2) is 30.2 Å². The number of aromatic nitrogens is 2. The minimum atomic E-state index is 0.624. The van der Waals surface area contributed by atoms with E-state index in [1.165, 1.54) is 11.1 Å². The van der Waals surface area contributed by atoms with Gasteiger partial charge in [0.2, 0.25) is 0 Å². The van der Waals surface area contributed by atoms with Crippen molar-refractivity contribution in [2.24, 2.45) is 0 Å². The maximum Gasteiger partial charge on any atom is 0.148 e. The van der Waals surface area contributed by atoms with Crippen molar-refractivity contribution in [3.63, 3.8) is 0 Å². The summed E-state index contributed by atoms with van der Waals surface area (Å²) in [7, 11) is 1.71. The normalized spacial score (nSPS) is 10.7. The number of rotatable bonds is 7. The molecule has 3 aromatic rings. The third-order valence-electron chi connectivity index (χ3n) is 4.11. The van der Waals surface area contributed by atoms with Crippen LogP contribution in [0.15, 0.2) is 60.9 Å². The van der Waals surface area contributed by atoms with Gasteiger partial charge < -0.3 is 9.64 Å². The number of hydrogen-bond acceptors (Lipinski definition) is 4. The van der Waals surface area contributed by atoms with E-state index in [-0.39, 0.29) is 0 Å². The second-order valence-corrected chi connectivity index (χ2v) is 6.61. The largest absolute Gasteiger partial charge is 0.383 e. The molecule has 0 aliphatic rings. The second-order valence-electron chi connectivity index (χ2n) is 6.17. The van der Waals surface area contributed by atoms with E-state index in [1.54, 1.807) is 19.5 Å². The molecule has 0 bridgehead atoms. The quantitative estimate of drug-likeness (QED) is 0.603. The lowest BCUT2D eigenvalue weighted by atomic mass is 10.1. The van der Waals surface area contributed by atoms with Crippen molar-refractivity contribution < 1.29 is 4.74 Å². The van der Waals surface area contributed by atoms with Gasteiger partial charge in [-0.2, -0.15) is 0 Å². The van der Waals surface area contributed by atoms with E-state index in [1.807, 2.05) is 24.3 Å². The van der Waals surface area contributed by atoms with Gasteiger partial charge in [0.15, 0.2) is 0 Å². The monoisotopic (exact) mass is 367 g/mol. The molecule has 4 nitrogen and oxygen atoms in total. The number of methoxy groups -OCH3 is 1. The lowest BCUT2D eigenvalue weighted by Crippen LogP contribution is -2.27. The molecule has 2 aromatic carbocycles. The van der Waals surface area contributed by atoms with Crippen molar-refractivity contribution in [2.45, 2.75) is 13.5 Å². The molecule has 0 unspecified atom stereocenters. The molecule has 0 amide bonds. The van der Waals surface area contributed by atoms with E-state index < -0.39 is 0 Å². The zero-order valence-electron chi connectivity index (χ0n) is 15.0. The molecule has 3 rings (SSSR count). The Balaban J connectivity index is 1.88. The van der Waals surface area contributed by atoms with E-state index in [0.717, 1.165) is 30.2 Å². The Labute approximate surface area is 159 Å². The number of aryl methyl sites for hydroxylation is 1. The predicted molar refractivity (Wildman–Crippen MR) is 107 cm³/mol. The molecular weight excluding hydrogens is 346 g/mol. The molecular formula is C21H22ClN3O. The Morgan fingerprint density at radius 3 is 2.62 bits per heavy atom. The predicted octanol–water partition coefficient (Wildman–Crippen LogP) is 4.76. The van der Waals surface area contributed by atoms with Crippen LogP contribution in [0.1, 0.15) is 11.1 Å². The van der Waals surface area contributed by atoms with Gasteiger partial charge in [0.05, 0.1) is 24.7 Å². The first kappa shape index (κ1) is 18.4. The highest BCUT2D eigenvalue weighted by atomic mass is 35.5. The smallest absolute Gasteiger partial charge is 0.148 e. The Bertz CT molecular complexity index is 852. The van der Waals surface area contributed by atoms with Gasteiger partial charge in [0, 0.05) is 30.8 Å². The Morgan fingerprint density at radius 2 is 1.88 bits per heavy atom. The molecule has 0 spiro atoms. The first-order valence-corrected chi connectivity index (χ1v) is 8.91. The zero-order valence-corrected chi connectivity index (χ0v) is 15.8. The fourth-order valence-corrected chi connectivity index (χ4v) is 2.90. The molecule has 0 saturated heterocycles. The molecule has 1 heterocycles. The first-order chi connectivity index (χ1) is 12.7. The van der Waals surface area contributed by atoms with E-state index in [0.29, 0.717) is 11.6 Å². The van der Waals surface area contributed by atoms with Crippen LogP contribution in [0.5, 0.6) is 0 Å². The SMILES string of the molecule is COCCN(Cc1cccc(C)c1)c1cncc(-c2ccc(Cl)cc2)n1. The number of anilines is 1. The summed E-state index contributed by atoms with van der Waals surface area (Å²) < 4.78 is 5.28. The third-order valence-corrected chi connectivity index (χ3v) is 4.36. The summed E-state index contributed by atoms with van der Waals surface area (Å²) in [6.07, 6.45) is 3.57. The Hall–Kier alpha value is -2.43. The number of nitrogens with zero attached hydrogens (tertiary/aromatic N) is 3. The van der Waals surface area contributed by atoms with Crippen LogP contribution in [0.2, 0.25) is 5.02 Å². The van der Waals surface area contributed by atoms with E-state index in [9.17, 15) is 0 Å². The molecule has 0 atom stereocenters. The van der Waals surface area contributed by atoms with Gasteiger partial charge in [-0.1, -0.05) is 53.6 Å². The third kappa shape index (κ3) is 4.81. The van der Waals surface area contributed by atoms with Gasteiger partial charge in [0.25, 0.3) is 0 Å². The second kappa shape index (κ2) is 8.79. The molecule has 26 heavy (non-hydrogen) atoms. The van der Waals surface area contributed by atoms with Crippen molar-refractivity contribution in [1.29, 1.82) is 0 Å². The van der Waals surface area contributed by atoms with Crippen molar-refractivity contribution in [3.05, 3.63) is 77.1 Å². The van der Waals surface area contributed by atoms with Gasteiger partial charge in [-0.05, 0) is 24.6 Å². The summed E-state index contributed by atoms with van der Waals surface area (Å²) in [5, 5.41) is 0.707. The highest BCUT2D eigenvalue weighted by Crippen LogP contribution is 2.22. The molecule has 0 radical (unpaired) electrons. The van der Waals surface area contributed by atoms with Crippen molar-refractivity contribution >= 4 is 17.4 Å². The summed E-state index contributed by atoms with van der Waals surface area (Å²) >= 11 is 5.98. The van der Waals surface area contributed by atoms with Gasteiger partial charge >= 0.3 is 0 Å². The molecule has 5 heteroatoms. The topological polar surface area (TPSA) is 38.2 Å². The zero-order chi connectivity index (χ0) is 18.4. The molecule has 0 fully saturated rings. The molecule has 0 aliphatic carbocycles. The van der Waals surface area contributed by atoms with Crippen molar-refractivity contribution in [2.75, 3.05) is 25.2 Å². The van der Waals surface area contributed by atoms with E-state index in [4.69, 9.17) is 21.3 Å². The average molecular weight is 368 g/mol. The maximum absolute atomic E-state index is 5.98. The fourth-order valence-electron chi connectivity index (χ4n) is 2.77. The van der Waals surface area contributed by atoms with Crippen LogP contribution in [-0.2, 0) is 11.3 Å². The van der Waals surface area contributed by atoms with Gasteiger partial charge in [-0.3, -0.25) is 4.98 Å². The van der Waals surface area contributed by atoms with Crippen molar-refractivity contribution in [3.8, 4) is 11.3 Å². The molecule has 134 valence electrons. The van der Waals surface area contributed by atoms with E-state index in [2.05, 4.69) is 41.1 Å². The number of ether oxygens (including phenoxy) is 1. The number of halogens is 1. The molecule has 0 aliphatic heterocycles. The van der Waals surface area contributed by atoms with Gasteiger partial charge in [-0.15, -0.1) is 0 Å². The molecule has 0 saturated carbocycles. The highest BCUT2D eigenvalue weighted by Gasteiger charge is 2.11.